The molecular formula is C42H54N2O8. The second-order valence-corrected chi connectivity index (χ2v) is 14.9. The zero-order chi connectivity index (χ0) is 37.1. The van der Waals surface area contributed by atoms with E-state index in [-0.39, 0.29) is 43.2 Å². The maximum absolute atomic E-state index is 13.1. The molecule has 3 aromatic carbocycles. The standard InChI is InChI=1S/C42H54N2O8/c1-42(2,3)52-40(49)36-13-10-24-44(36)27-34-25-37(31-18-16-29(28-45)17-19-31)51-41(50-34)32-22-20-30(21-23-32)35-12-9-8-11-33(35)26-43-38(46)14-6-4-5-7-15-39(47)48/h8-9,11-12,16-23,34,36-37,41,45H,4-7,10,13-15,24-28H2,1-3H3,(H,43,46)(H,47,48)/t34-,36+,37+,41+/m1/s1. The van der Waals surface area contributed by atoms with Gasteiger partial charge in [0.15, 0.2) is 6.29 Å². The van der Waals surface area contributed by atoms with Crippen LogP contribution in [0.15, 0.2) is 72.8 Å². The quantitative estimate of drug-likeness (QED) is 0.104. The minimum absolute atomic E-state index is 0.0172. The number of aliphatic hydroxyl groups is 1. The molecule has 10 nitrogen and oxygen atoms in total. The lowest BCUT2D eigenvalue weighted by molar-refractivity contribution is -0.253. The van der Waals surface area contributed by atoms with Gasteiger partial charge in [-0.05, 0) is 80.8 Å². The highest BCUT2D eigenvalue weighted by molar-refractivity contribution is 5.77. The van der Waals surface area contributed by atoms with Crippen molar-refractivity contribution < 1.29 is 38.8 Å². The summed E-state index contributed by atoms with van der Waals surface area (Å²) in [7, 11) is 0. The predicted octanol–water partition coefficient (Wildman–Crippen LogP) is 7.24. The van der Waals surface area contributed by atoms with Crippen molar-refractivity contribution in [2.75, 3.05) is 13.1 Å². The van der Waals surface area contributed by atoms with Gasteiger partial charge in [0.25, 0.3) is 0 Å². The third kappa shape index (κ3) is 11.5. The third-order valence-electron chi connectivity index (χ3n) is 9.63. The fourth-order valence-corrected chi connectivity index (χ4v) is 6.95. The summed E-state index contributed by atoms with van der Waals surface area (Å²) < 4.78 is 19.0. The van der Waals surface area contributed by atoms with Crippen LogP contribution in [0.5, 0.6) is 0 Å². The van der Waals surface area contributed by atoms with Gasteiger partial charge in [-0.2, -0.15) is 0 Å². The Morgan fingerprint density at radius 3 is 2.27 bits per heavy atom. The van der Waals surface area contributed by atoms with Gasteiger partial charge in [-0.25, -0.2) is 0 Å². The molecule has 0 aromatic heterocycles. The summed E-state index contributed by atoms with van der Waals surface area (Å²) in [6, 6.07) is 23.7. The monoisotopic (exact) mass is 714 g/mol. The van der Waals surface area contributed by atoms with E-state index in [2.05, 4.69) is 10.2 Å². The first-order chi connectivity index (χ1) is 25.0. The fraction of sp³-hybridized carbons (Fsp3) is 0.500. The number of rotatable bonds is 16. The number of nitrogens with one attached hydrogen (secondary N) is 1. The van der Waals surface area contributed by atoms with Crippen LogP contribution in [0.4, 0.5) is 0 Å². The summed E-state index contributed by atoms with van der Waals surface area (Å²) in [6.45, 7) is 7.44. The fourth-order valence-electron chi connectivity index (χ4n) is 6.95. The topological polar surface area (TPSA) is 135 Å². The third-order valence-corrected chi connectivity index (χ3v) is 9.63. The summed E-state index contributed by atoms with van der Waals surface area (Å²) in [5, 5.41) is 21.4. The van der Waals surface area contributed by atoms with Crippen LogP contribution in [-0.4, -0.2) is 63.8 Å². The van der Waals surface area contributed by atoms with E-state index >= 15 is 0 Å². The molecule has 0 aliphatic carbocycles. The average molecular weight is 715 g/mol. The van der Waals surface area contributed by atoms with Gasteiger partial charge < -0.3 is 29.7 Å². The Morgan fingerprint density at radius 2 is 1.58 bits per heavy atom. The van der Waals surface area contributed by atoms with Crippen LogP contribution in [-0.2, 0) is 41.7 Å². The molecule has 2 aliphatic rings. The molecule has 10 heteroatoms. The summed E-state index contributed by atoms with van der Waals surface area (Å²) in [6.07, 6.45) is 4.83. The van der Waals surface area contributed by atoms with Crippen LogP contribution < -0.4 is 5.32 Å². The second kappa shape index (κ2) is 18.6. The van der Waals surface area contributed by atoms with E-state index in [1.807, 2.05) is 93.6 Å². The van der Waals surface area contributed by atoms with Crippen LogP contribution in [0.2, 0.25) is 0 Å². The van der Waals surface area contributed by atoms with Crippen LogP contribution >= 0.6 is 0 Å². The Hall–Kier alpha value is -4.09. The van der Waals surface area contributed by atoms with Crippen molar-refractivity contribution in [3.63, 3.8) is 0 Å². The van der Waals surface area contributed by atoms with Crippen molar-refractivity contribution in [2.24, 2.45) is 0 Å². The number of hydrogen-bond donors (Lipinski definition) is 3. The first-order valence-electron chi connectivity index (χ1n) is 18.6. The highest BCUT2D eigenvalue weighted by Gasteiger charge is 2.39. The number of aliphatic hydroxyl groups excluding tert-OH is 1. The first kappa shape index (κ1) is 39.1. The number of carbonyl (C=O) groups is 3. The minimum atomic E-state index is -0.783. The predicted molar refractivity (Wildman–Crippen MR) is 198 cm³/mol. The maximum atomic E-state index is 13.1. The smallest absolute Gasteiger partial charge is 0.323 e. The molecule has 2 saturated heterocycles. The van der Waals surface area contributed by atoms with Gasteiger partial charge in [0, 0.05) is 37.9 Å². The molecule has 280 valence electrons. The molecular weight excluding hydrogens is 660 g/mol. The Bertz CT molecular complexity index is 1620. The second-order valence-electron chi connectivity index (χ2n) is 14.9. The Balaban J connectivity index is 1.26. The van der Waals surface area contributed by atoms with Gasteiger partial charge >= 0.3 is 11.9 Å². The number of hydrogen-bond acceptors (Lipinski definition) is 8. The van der Waals surface area contributed by atoms with E-state index in [1.54, 1.807) is 0 Å². The van der Waals surface area contributed by atoms with Gasteiger partial charge in [0.05, 0.1) is 18.8 Å². The summed E-state index contributed by atoms with van der Waals surface area (Å²) >= 11 is 0. The molecule has 2 heterocycles. The molecule has 0 unspecified atom stereocenters. The van der Waals surface area contributed by atoms with Crippen molar-refractivity contribution in [2.45, 2.75) is 122 Å². The lowest BCUT2D eigenvalue weighted by Gasteiger charge is -2.38. The molecule has 3 N–H and O–H groups in total. The molecule has 0 saturated carbocycles. The van der Waals surface area contributed by atoms with Gasteiger partial charge in [-0.3, -0.25) is 19.3 Å². The van der Waals surface area contributed by atoms with E-state index in [4.69, 9.17) is 19.3 Å². The SMILES string of the molecule is CC(C)(C)OC(=O)[C@@H]1CCCN1C[C@H]1C[C@@H](c2ccc(CO)cc2)O[C@@H](c2ccc(-c3ccccc3CNC(=O)CCCCCCC(=O)O)cc2)O1. The highest BCUT2D eigenvalue weighted by Crippen LogP contribution is 2.39. The number of likely N-dealkylation sites (tertiary alicyclic amines) is 1. The zero-order valence-electron chi connectivity index (χ0n) is 30.7. The van der Waals surface area contributed by atoms with Gasteiger partial charge in [-0.1, -0.05) is 85.6 Å². The number of esters is 1. The normalized spacial score (nSPS) is 20.8. The first-order valence-corrected chi connectivity index (χ1v) is 18.6. The van der Waals surface area contributed by atoms with Crippen LogP contribution in [0, 0.1) is 0 Å². The van der Waals surface area contributed by atoms with Crippen molar-refractivity contribution >= 4 is 17.8 Å². The molecule has 3 aromatic rings. The molecule has 4 atom stereocenters. The minimum Gasteiger partial charge on any atom is -0.481 e. The highest BCUT2D eigenvalue weighted by atomic mass is 16.7. The molecule has 2 fully saturated rings. The van der Waals surface area contributed by atoms with E-state index in [0.717, 1.165) is 72.0 Å². The number of carboxylic acid groups (broad SMARTS) is 1. The van der Waals surface area contributed by atoms with Crippen LogP contribution in [0.25, 0.3) is 11.1 Å². The van der Waals surface area contributed by atoms with E-state index in [9.17, 15) is 19.5 Å². The summed E-state index contributed by atoms with van der Waals surface area (Å²) in [4.78, 5) is 38.5. The molecule has 0 spiro atoms. The van der Waals surface area contributed by atoms with Crippen molar-refractivity contribution in [3.05, 3.63) is 95.1 Å². The molecule has 0 radical (unpaired) electrons. The number of amides is 1. The Morgan fingerprint density at radius 1 is 0.885 bits per heavy atom. The molecule has 1 amide bonds. The average Bonchev–Trinajstić information content (AvgIpc) is 3.60. The largest absolute Gasteiger partial charge is 0.481 e. The van der Waals surface area contributed by atoms with Crippen molar-refractivity contribution in [1.82, 2.24) is 10.2 Å². The van der Waals surface area contributed by atoms with Crippen molar-refractivity contribution in [3.8, 4) is 11.1 Å². The van der Waals surface area contributed by atoms with E-state index in [0.29, 0.717) is 32.4 Å². The number of unbranched alkanes of at least 4 members (excludes halogenated alkanes) is 3. The van der Waals surface area contributed by atoms with Crippen LogP contribution in [0.1, 0.15) is 113 Å². The van der Waals surface area contributed by atoms with Crippen LogP contribution in [0.3, 0.4) is 0 Å². The molecule has 5 rings (SSSR count). The van der Waals surface area contributed by atoms with E-state index < -0.39 is 17.9 Å². The molecule has 0 bridgehead atoms. The summed E-state index contributed by atoms with van der Waals surface area (Å²) in [5.74, 6) is -0.990. The number of nitrogens with zero attached hydrogens (tertiary/aromatic N) is 1. The number of aliphatic carboxylic acids is 1. The Labute approximate surface area is 307 Å². The number of carbonyl (C=O) groups excluding carboxylic acids is 2. The Kier molecular flexibility index (Phi) is 14.0. The van der Waals surface area contributed by atoms with Gasteiger partial charge in [0.2, 0.25) is 5.91 Å². The number of carboxylic acids is 1. The lowest BCUT2D eigenvalue weighted by atomic mass is 9.97. The van der Waals surface area contributed by atoms with Gasteiger partial charge in [-0.15, -0.1) is 0 Å². The molecule has 2 aliphatic heterocycles. The van der Waals surface area contributed by atoms with Crippen molar-refractivity contribution in [1.29, 1.82) is 0 Å². The lowest BCUT2D eigenvalue weighted by Crippen LogP contribution is -2.45. The zero-order valence-corrected chi connectivity index (χ0v) is 30.7. The number of benzene rings is 3. The maximum Gasteiger partial charge on any atom is 0.323 e. The van der Waals surface area contributed by atoms with E-state index in [1.165, 1.54) is 0 Å². The molecule has 52 heavy (non-hydrogen) atoms. The number of ether oxygens (including phenoxy) is 3. The van der Waals surface area contributed by atoms with Gasteiger partial charge in [0.1, 0.15) is 11.6 Å². The summed E-state index contributed by atoms with van der Waals surface area (Å²) in [5.41, 5.74) is 5.21.